The van der Waals surface area contributed by atoms with E-state index in [0.717, 1.165) is 6.42 Å². The van der Waals surface area contributed by atoms with Crippen LogP contribution in [-0.2, 0) is 6.42 Å². The highest BCUT2D eigenvalue weighted by molar-refractivity contribution is 6.10. The van der Waals surface area contributed by atoms with Gasteiger partial charge in [0.1, 0.15) is 0 Å². The largest absolute Gasteiger partial charge is 0.309 e. The lowest BCUT2D eigenvalue weighted by Gasteiger charge is -2.09. The van der Waals surface area contributed by atoms with Gasteiger partial charge in [-0.1, -0.05) is 109 Å². The van der Waals surface area contributed by atoms with Gasteiger partial charge < -0.3 is 4.57 Å². The summed E-state index contributed by atoms with van der Waals surface area (Å²) in [7, 11) is 0. The molecule has 0 unspecified atom stereocenters. The molecule has 6 aromatic carbocycles. The van der Waals surface area contributed by atoms with Crippen molar-refractivity contribution >= 4 is 21.8 Å². The van der Waals surface area contributed by atoms with Crippen LogP contribution < -0.4 is 0 Å². The van der Waals surface area contributed by atoms with E-state index in [1.54, 1.807) is 0 Å². The zero-order chi connectivity index (χ0) is 25.1. The molecule has 1 aromatic heterocycles. The normalized spacial score (nSPS) is 12.1. The molecular formula is C37H25N. The number of benzene rings is 6. The zero-order valence-electron chi connectivity index (χ0n) is 20.9. The molecule has 0 spiro atoms. The molecule has 0 fully saturated rings. The second kappa shape index (κ2) is 8.33. The minimum absolute atomic E-state index is 1.02. The van der Waals surface area contributed by atoms with E-state index in [1.165, 1.54) is 72.0 Å². The first-order valence-corrected chi connectivity index (χ1v) is 13.2. The molecule has 1 aliphatic carbocycles. The molecular weight excluding hydrogens is 458 g/mol. The van der Waals surface area contributed by atoms with Gasteiger partial charge in [0.15, 0.2) is 0 Å². The van der Waals surface area contributed by atoms with Crippen molar-refractivity contribution in [1.29, 1.82) is 0 Å². The monoisotopic (exact) mass is 483 g/mol. The predicted molar refractivity (Wildman–Crippen MR) is 160 cm³/mol. The van der Waals surface area contributed by atoms with Gasteiger partial charge in [-0.2, -0.15) is 0 Å². The molecule has 1 heteroatoms. The minimum Gasteiger partial charge on any atom is -0.309 e. The molecule has 1 heterocycles. The van der Waals surface area contributed by atoms with Crippen LogP contribution >= 0.6 is 0 Å². The maximum atomic E-state index is 2.37. The first-order chi connectivity index (χ1) is 18.8. The second-order valence-corrected chi connectivity index (χ2v) is 10.2. The first kappa shape index (κ1) is 21.2. The van der Waals surface area contributed by atoms with E-state index in [1.807, 2.05) is 0 Å². The Bertz CT molecular complexity index is 1970. The van der Waals surface area contributed by atoms with Gasteiger partial charge in [-0.15, -0.1) is 0 Å². The summed E-state index contributed by atoms with van der Waals surface area (Å²) in [5.74, 6) is 0. The van der Waals surface area contributed by atoms with Crippen molar-refractivity contribution in [2.45, 2.75) is 6.42 Å². The molecule has 38 heavy (non-hydrogen) atoms. The van der Waals surface area contributed by atoms with E-state index < -0.39 is 0 Å². The second-order valence-electron chi connectivity index (χ2n) is 10.2. The molecule has 7 aromatic rings. The van der Waals surface area contributed by atoms with Crippen molar-refractivity contribution in [1.82, 2.24) is 4.57 Å². The lowest BCUT2D eigenvalue weighted by Crippen LogP contribution is -1.92. The summed E-state index contributed by atoms with van der Waals surface area (Å²) in [6.45, 7) is 0. The summed E-state index contributed by atoms with van der Waals surface area (Å²) >= 11 is 0. The van der Waals surface area contributed by atoms with Crippen molar-refractivity contribution in [3.05, 3.63) is 151 Å². The van der Waals surface area contributed by atoms with Gasteiger partial charge >= 0.3 is 0 Å². The SMILES string of the molecule is c1ccc(-n2c3ccccc3c3cc(-c4ccc(-c5ccc6c(c5)Cc5ccccc5-6)cc4)ccc32)cc1. The van der Waals surface area contributed by atoms with Crippen molar-refractivity contribution in [2.24, 2.45) is 0 Å². The molecule has 0 atom stereocenters. The molecule has 0 saturated carbocycles. The topological polar surface area (TPSA) is 4.93 Å². The van der Waals surface area contributed by atoms with Crippen LogP contribution in [0.5, 0.6) is 0 Å². The van der Waals surface area contributed by atoms with Crippen LogP contribution in [0.15, 0.2) is 140 Å². The smallest absolute Gasteiger partial charge is 0.0541 e. The summed E-state index contributed by atoms with van der Waals surface area (Å²) in [4.78, 5) is 0. The Kier molecular flexibility index (Phi) is 4.65. The highest BCUT2D eigenvalue weighted by Crippen LogP contribution is 2.39. The fourth-order valence-electron chi connectivity index (χ4n) is 6.19. The molecule has 0 saturated heterocycles. The molecule has 1 aliphatic rings. The first-order valence-electron chi connectivity index (χ1n) is 13.2. The molecule has 8 rings (SSSR count). The number of hydrogen-bond donors (Lipinski definition) is 0. The van der Waals surface area contributed by atoms with E-state index in [0.29, 0.717) is 0 Å². The van der Waals surface area contributed by atoms with Crippen molar-refractivity contribution in [3.8, 4) is 39.1 Å². The number of hydrogen-bond acceptors (Lipinski definition) is 0. The highest BCUT2D eigenvalue weighted by atomic mass is 15.0. The van der Waals surface area contributed by atoms with Crippen LogP contribution in [0.2, 0.25) is 0 Å². The van der Waals surface area contributed by atoms with E-state index in [-0.39, 0.29) is 0 Å². The van der Waals surface area contributed by atoms with E-state index in [4.69, 9.17) is 0 Å². The summed E-state index contributed by atoms with van der Waals surface area (Å²) in [5.41, 5.74) is 14.3. The van der Waals surface area contributed by atoms with Gasteiger partial charge in [-0.05, 0) is 81.3 Å². The Morgan fingerprint density at radius 1 is 0.395 bits per heavy atom. The molecule has 0 N–H and O–H groups in total. The Labute approximate surface area is 222 Å². The Morgan fingerprint density at radius 2 is 1.00 bits per heavy atom. The van der Waals surface area contributed by atoms with Crippen molar-refractivity contribution in [3.63, 3.8) is 0 Å². The fraction of sp³-hybridized carbons (Fsp3) is 0.0270. The highest BCUT2D eigenvalue weighted by Gasteiger charge is 2.18. The van der Waals surface area contributed by atoms with Gasteiger partial charge in [0.05, 0.1) is 11.0 Å². The zero-order valence-corrected chi connectivity index (χ0v) is 20.9. The van der Waals surface area contributed by atoms with Gasteiger partial charge in [-0.25, -0.2) is 0 Å². The number of para-hydroxylation sites is 2. The lowest BCUT2D eigenvalue weighted by molar-refractivity contribution is 1.18. The molecule has 0 radical (unpaired) electrons. The standard InChI is InChI=1S/C37H25N/c1-2-9-31(10-3-1)38-36-13-7-6-12-34(36)35-24-28(19-21-37(35)38)26-16-14-25(15-17-26)27-18-20-33-30(22-27)23-29-8-4-5-11-32(29)33/h1-22,24H,23H2. The Hall–Kier alpha value is -4.88. The van der Waals surface area contributed by atoms with Crippen molar-refractivity contribution in [2.75, 3.05) is 0 Å². The summed E-state index contributed by atoms with van der Waals surface area (Å²) < 4.78 is 2.36. The third-order valence-corrected chi connectivity index (χ3v) is 8.03. The fourth-order valence-corrected chi connectivity index (χ4v) is 6.19. The lowest BCUT2D eigenvalue weighted by atomic mass is 9.96. The summed E-state index contributed by atoms with van der Waals surface area (Å²) in [6.07, 6.45) is 1.02. The van der Waals surface area contributed by atoms with Crippen LogP contribution in [0.25, 0.3) is 60.9 Å². The van der Waals surface area contributed by atoms with Gasteiger partial charge in [-0.3, -0.25) is 0 Å². The van der Waals surface area contributed by atoms with E-state index in [2.05, 4.69) is 144 Å². The molecule has 0 amide bonds. The predicted octanol–water partition coefficient (Wildman–Crippen LogP) is 9.69. The third-order valence-electron chi connectivity index (χ3n) is 8.03. The quantitative estimate of drug-likeness (QED) is 0.236. The van der Waals surface area contributed by atoms with Crippen LogP contribution in [0.3, 0.4) is 0 Å². The van der Waals surface area contributed by atoms with Crippen LogP contribution in [0.1, 0.15) is 11.1 Å². The number of fused-ring (bicyclic) bond motifs is 6. The maximum absolute atomic E-state index is 2.37. The van der Waals surface area contributed by atoms with Crippen LogP contribution in [0, 0.1) is 0 Å². The van der Waals surface area contributed by atoms with Gasteiger partial charge in [0.25, 0.3) is 0 Å². The Balaban J connectivity index is 1.18. The van der Waals surface area contributed by atoms with E-state index >= 15 is 0 Å². The van der Waals surface area contributed by atoms with Gasteiger partial charge in [0.2, 0.25) is 0 Å². The minimum atomic E-state index is 1.02. The summed E-state index contributed by atoms with van der Waals surface area (Å²) in [6, 6.07) is 50.9. The molecule has 1 nitrogen and oxygen atoms in total. The molecule has 0 bridgehead atoms. The molecule has 0 aliphatic heterocycles. The molecule has 178 valence electrons. The van der Waals surface area contributed by atoms with Gasteiger partial charge in [0, 0.05) is 16.5 Å². The van der Waals surface area contributed by atoms with Crippen molar-refractivity contribution < 1.29 is 0 Å². The third kappa shape index (κ3) is 3.26. The Morgan fingerprint density at radius 3 is 1.84 bits per heavy atom. The van der Waals surface area contributed by atoms with Crippen LogP contribution in [0.4, 0.5) is 0 Å². The number of rotatable bonds is 3. The average molecular weight is 484 g/mol. The number of nitrogens with zero attached hydrogens (tertiary/aromatic N) is 1. The van der Waals surface area contributed by atoms with E-state index in [9.17, 15) is 0 Å². The maximum Gasteiger partial charge on any atom is 0.0541 e. The number of aromatic nitrogens is 1. The summed E-state index contributed by atoms with van der Waals surface area (Å²) in [5, 5.41) is 2.56. The van der Waals surface area contributed by atoms with Crippen LogP contribution in [-0.4, -0.2) is 4.57 Å². The average Bonchev–Trinajstić information content (AvgIpc) is 3.52.